The smallest absolute Gasteiger partial charge is 0.257 e. The van der Waals surface area contributed by atoms with Crippen molar-refractivity contribution in [2.75, 3.05) is 32.7 Å². The molecule has 2 heterocycles. The molecule has 21 heavy (non-hydrogen) atoms. The first-order valence-corrected chi connectivity index (χ1v) is 6.87. The summed E-state index contributed by atoms with van der Waals surface area (Å²) in [4.78, 5) is 27.6. The van der Waals surface area contributed by atoms with Crippen molar-refractivity contribution in [3.05, 3.63) is 23.2 Å². The molecule has 0 bridgehead atoms. The number of carbonyl (C=O) groups excluding carboxylic acids is 2. The van der Waals surface area contributed by atoms with Crippen molar-refractivity contribution in [3.63, 3.8) is 0 Å². The van der Waals surface area contributed by atoms with Gasteiger partial charge in [-0.2, -0.15) is 0 Å². The van der Waals surface area contributed by atoms with Crippen LogP contribution in [0.1, 0.15) is 28.3 Å². The van der Waals surface area contributed by atoms with E-state index in [0.717, 1.165) is 5.76 Å². The molecule has 1 saturated heterocycles. The van der Waals surface area contributed by atoms with E-state index in [-0.39, 0.29) is 24.2 Å². The standard InChI is InChI=1S/C14H21N3O3.ClH/c1-10-9-12(11(2)20-10)14(19)17-7-5-16(6-8-17)13(18)3-4-15;/h9H,3-8,15H2,1-2H3;1H. The lowest BCUT2D eigenvalue weighted by molar-refractivity contribution is -0.132. The summed E-state index contributed by atoms with van der Waals surface area (Å²) in [5, 5.41) is 0. The van der Waals surface area contributed by atoms with Gasteiger partial charge in [0.1, 0.15) is 11.5 Å². The Morgan fingerprint density at radius 1 is 1.19 bits per heavy atom. The van der Waals surface area contributed by atoms with Crippen molar-refractivity contribution in [3.8, 4) is 0 Å². The minimum absolute atomic E-state index is 0. The molecule has 6 nitrogen and oxygen atoms in total. The lowest BCUT2D eigenvalue weighted by atomic mass is 10.2. The van der Waals surface area contributed by atoms with Gasteiger partial charge in [0.05, 0.1) is 5.56 Å². The number of piperazine rings is 1. The first-order chi connectivity index (χ1) is 9.52. The average Bonchev–Trinajstić information content (AvgIpc) is 2.77. The third-order valence-electron chi connectivity index (χ3n) is 3.55. The quantitative estimate of drug-likeness (QED) is 0.900. The Labute approximate surface area is 130 Å². The lowest BCUT2D eigenvalue weighted by Crippen LogP contribution is -2.50. The summed E-state index contributed by atoms with van der Waals surface area (Å²) in [6, 6.07) is 1.77. The Morgan fingerprint density at radius 2 is 1.76 bits per heavy atom. The molecular formula is C14H22ClN3O3. The summed E-state index contributed by atoms with van der Waals surface area (Å²) in [7, 11) is 0. The van der Waals surface area contributed by atoms with E-state index in [1.165, 1.54) is 0 Å². The van der Waals surface area contributed by atoms with E-state index >= 15 is 0 Å². The fraction of sp³-hybridized carbons (Fsp3) is 0.571. The van der Waals surface area contributed by atoms with Crippen molar-refractivity contribution < 1.29 is 14.0 Å². The summed E-state index contributed by atoms with van der Waals surface area (Å²) < 4.78 is 5.39. The van der Waals surface area contributed by atoms with Gasteiger partial charge in [-0.3, -0.25) is 9.59 Å². The van der Waals surface area contributed by atoms with Crippen molar-refractivity contribution in [1.29, 1.82) is 0 Å². The number of aryl methyl sites for hydroxylation is 2. The third-order valence-corrected chi connectivity index (χ3v) is 3.55. The van der Waals surface area contributed by atoms with Crippen LogP contribution in [0.4, 0.5) is 0 Å². The molecule has 0 aliphatic carbocycles. The van der Waals surface area contributed by atoms with Crippen LogP contribution in [0.2, 0.25) is 0 Å². The zero-order chi connectivity index (χ0) is 14.7. The molecule has 0 radical (unpaired) electrons. The minimum Gasteiger partial charge on any atom is -0.466 e. The number of hydrogen-bond acceptors (Lipinski definition) is 4. The van der Waals surface area contributed by atoms with Crippen LogP contribution in [0.3, 0.4) is 0 Å². The summed E-state index contributed by atoms with van der Waals surface area (Å²) in [5.41, 5.74) is 6.00. The Balaban J connectivity index is 0.00000220. The zero-order valence-corrected chi connectivity index (χ0v) is 13.2. The molecule has 1 aliphatic rings. The molecule has 1 fully saturated rings. The monoisotopic (exact) mass is 315 g/mol. The molecule has 0 unspecified atom stereocenters. The molecule has 1 aromatic rings. The van der Waals surface area contributed by atoms with Crippen LogP contribution in [0.15, 0.2) is 10.5 Å². The topological polar surface area (TPSA) is 79.8 Å². The number of nitrogens with two attached hydrogens (primary N) is 1. The van der Waals surface area contributed by atoms with E-state index < -0.39 is 0 Å². The van der Waals surface area contributed by atoms with Crippen molar-refractivity contribution in [1.82, 2.24) is 9.80 Å². The van der Waals surface area contributed by atoms with Crippen LogP contribution in [0, 0.1) is 13.8 Å². The first kappa shape index (κ1) is 17.5. The van der Waals surface area contributed by atoms with E-state index in [4.69, 9.17) is 10.2 Å². The second kappa shape index (κ2) is 7.47. The summed E-state index contributed by atoms with van der Waals surface area (Å²) in [6.45, 7) is 6.23. The first-order valence-electron chi connectivity index (χ1n) is 6.87. The van der Waals surface area contributed by atoms with Gasteiger partial charge in [-0.15, -0.1) is 12.4 Å². The van der Waals surface area contributed by atoms with E-state index in [2.05, 4.69) is 0 Å². The van der Waals surface area contributed by atoms with E-state index in [0.29, 0.717) is 50.5 Å². The number of nitrogens with zero attached hydrogens (tertiary/aromatic N) is 2. The molecule has 2 rings (SSSR count). The van der Waals surface area contributed by atoms with Crippen molar-refractivity contribution in [2.45, 2.75) is 20.3 Å². The van der Waals surface area contributed by atoms with Gasteiger partial charge in [-0.05, 0) is 19.9 Å². The molecule has 0 atom stereocenters. The minimum atomic E-state index is -0.0229. The highest BCUT2D eigenvalue weighted by atomic mass is 35.5. The van der Waals surface area contributed by atoms with Gasteiger partial charge < -0.3 is 20.0 Å². The lowest BCUT2D eigenvalue weighted by Gasteiger charge is -2.34. The summed E-state index contributed by atoms with van der Waals surface area (Å²) in [6.07, 6.45) is 0.369. The second-order valence-electron chi connectivity index (χ2n) is 5.04. The van der Waals surface area contributed by atoms with Gasteiger partial charge in [0, 0.05) is 39.1 Å². The molecule has 0 spiro atoms. The number of halogens is 1. The van der Waals surface area contributed by atoms with E-state index in [1.54, 1.807) is 22.8 Å². The van der Waals surface area contributed by atoms with E-state index in [1.807, 2.05) is 6.92 Å². The highest BCUT2D eigenvalue weighted by Crippen LogP contribution is 2.17. The van der Waals surface area contributed by atoms with Gasteiger partial charge in [0.2, 0.25) is 5.91 Å². The Kier molecular flexibility index (Phi) is 6.23. The average molecular weight is 316 g/mol. The summed E-state index contributed by atoms with van der Waals surface area (Å²) in [5.74, 6) is 1.43. The fourth-order valence-electron chi connectivity index (χ4n) is 2.45. The maximum absolute atomic E-state index is 12.4. The number of hydrogen-bond donors (Lipinski definition) is 1. The molecule has 7 heteroatoms. The number of amides is 2. The molecule has 0 saturated carbocycles. The maximum atomic E-state index is 12.4. The van der Waals surface area contributed by atoms with Crippen LogP contribution >= 0.6 is 12.4 Å². The number of rotatable bonds is 3. The fourth-order valence-corrected chi connectivity index (χ4v) is 2.45. The van der Waals surface area contributed by atoms with Crippen LogP contribution in [-0.4, -0.2) is 54.3 Å². The zero-order valence-electron chi connectivity index (χ0n) is 12.4. The highest BCUT2D eigenvalue weighted by molar-refractivity contribution is 5.95. The predicted octanol–water partition coefficient (Wildman–Crippen LogP) is 0.951. The molecule has 118 valence electrons. The van der Waals surface area contributed by atoms with Gasteiger partial charge >= 0.3 is 0 Å². The SMILES string of the molecule is Cc1cc(C(=O)N2CCN(C(=O)CCN)CC2)c(C)o1.Cl. The van der Waals surface area contributed by atoms with Gasteiger partial charge in [0.25, 0.3) is 5.91 Å². The van der Waals surface area contributed by atoms with Gasteiger partial charge in [-0.25, -0.2) is 0 Å². The predicted molar refractivity (Wildman–Crippen MR) is 81.6 cm³/mol. The largest absolute Gasteiger partial charge is 0.466 e. The molecule has 1 aromatic heterocycles. The van der Waals surface area contributed by atoms with Crippen LogP contribution < -0.4 is 5.73 Å². The van der Waals surface area contributed by atoms with Gasteiger partial charge in [-0.1, -0.05) is 0 Å². The molecule has 2 N–H and O–H groups in total. The van der Waals surface area contributed by atoms with Crippen LogP contribution in [0.25, 0.3) is 0 Å². The van der Waals surface area contributed by atoms with Crippen molar-refractivity contribution in [2.24, 2.45) is 5.73 Å². The number of furan rings is 1. The van der Waals surface area contributed by atoms with Crippen molar-refractivity contribution >= 4 is 24.2 Å². The maximum Gasteiger partial charge on any atom is 0.257 e. The molecular weight excluding hydrogens is 294 g/mol. The Hall–Kier alpha value is -1.53. The Bertz CT molecular complexity index is 508. The second-order valence-corrected chi connectivity index (χ2v) is 5.04. The normalized spacial score (nSPS) is 14.8. The molecule has 2 amide bonds. The Morgan fingerprint density at radius 3 is 2.24 bits per heavy atom. The van der Waals surface area contributed by atoms with Gasteiger partial charge in [0.15, 0.2) is 0 Å². The number of carbonyl (C=O) groups is 2. The summed E-state index contributed by atoms with van der Waals surface area (Å²) >= 11 is 0. The molecule has 1 aliphatic heterocycles. The highest BCUT2D eigenvalue weighted by Gasteiger charge is 2.26. The molecule has 0 aromatic carbocycles. The van der Waals surface area contributed by atoms with E-state index in [9.17, 15) is 9.59 Å². The van der Waals surface area contributed by atoms with Crippen LogP contribution in [0.5, 0.6) is 0 Å². The third kappa shape index (κ3) is 3.98. The van der Waals surface area contributed by atoms with Crippen LogP contribution in [-0.2, 0) is 4.79 Å².